The van der Waals surface area contributed by atoms with Crippen LogP contribution in [0.15, 0.2) is 66.7 Å². The molecule has 32 heavy (non-hydrogen) atoms. The predicted molar refractivity (Wildman–Crippen MR) is 131 cm³/mol. The number of amides is 1. The summed E-state index contributed by atoms with van der Waals surface area (Å²) in [5, 5.41) is 0. The Balaban J connectivity index is 1.17. The van der Waals surface area contributed by atoms with Crippen molar-refractivity contribution < 1.29 is 14.6 Å². The van der Waals surface area contributed by atoms with Gasteiger partial charge in [0.15, 0.2) is 6.04 Å². The SMILES string of the molecule is C[C@@H](C(=O)N1CCC(Cc2ccccc2)CC1)[NH+]1CC[NH+](C/C=C/c2ccccc2)CC1. The minimum absolute atomic E-state index is 0.0853. The van der Waals surface area contributed by atoms with Gasteiger partial charge >= 0.3 is 0 Å². The van der Waals surface area contributed by atoms with Crippen molar-refractivity contribution in [3.05, 3.63) is 77.9 Å². The Hall–Kier alpha value is -2.43. The summed E-state index contributed by atoms with van der Waals surface area (Å²) in [7, 11) is 0. The molecule has 0 saturated carbocycles. The van der Waals surface area contributed by atoms with Gasteiger partial charge in [0.05, 0.1) is 6.54 Å². The van der Waals surface area contributed by atoms with E-state index < -0.39 is 0 Å². The van der Waals surface area contributed by atoms with Crippen LogP contribution in [0.25, 0.3) is 6.08 Å². The van der Waals surface area contributed by atoms with Crippen LogP contribution in [0.2, 0.25) is 0 Å². The van der Waals surface area contributed by atoms with E-state index in [4.69, 9.17) is 0 Å². The van der Waals surface area contributed by atoms with E-state index in [1.165, 1.54) is 16.0 Å². The molecule has 2 saturated heterocycles. The zero-order valence-electron chi connectivity index (χ0n) is 19.5. The Bertz CT molecular complexity index is 851. The molecular formula is C28H39N3O+2. The number of nitrogens with zero attached hydrogens (tertiary/aromatic N) is 1. The largest absolute Gasteiger partial charge is 0.338 e. The van der Waals surface area contributed by atoms with Crippen LogP contribution in [0.1, 0.15) is 30.9 Å². The summed E-state index contributed by atoms with van der Waals surface area (Å²) < 4.78 is 0. The second-order valence-electron chi connectivity index (χ2n) is 9.61. The zero-order chi connectivity index (χ0) is 22.2. The zero-order valence-corrected chi connectivity index (χ0v) is 19.5. The average Bonchev–Trinajstić information content (AvgIpc) is 2.85. The second-order valence-corrected chi connectivity index (χ2v) is 9.61. The Morgan fingerprint density at radius 1 is 0.969 bits per heavy atom. The number of nitrogens with one attached hydrogen (secondary N) is 2. The molecule has 170 valence electrons. The predicted octanol–water partition coefficient (Wildman–Crippen LogP) is 1.35. The molecule has 4 heteroatoms. The number of carbonyl (C=O) groups is 1. The van der Waals surface area contributed by atoms with Gasteiger partial charge in [0, 0.05) is 13.1 Å². The van der Waals surface area contributed by atoms with Gasteiger partial charge in [0.25, 0.3) is 5.91 Å². The third-order valence-electron chi connectivity index (χ3n) is 7.39. The van der Waals surface area contributed by atoms with E-state index in [0.717, 1.165) is 65.1 Å². The fourth-order valence-corrected chi connectivity index (χ4v) is 5.24. The van der Waals surface area contributed by atoms with Gasteiger partial charge in [-0.05, 0) is 49.3 Å². The molecule has 0 radical (unpaired) electrons. The minimum atomic E-state index is 0.0853. The lowest BCUT2D eigenvalue weighted by Crippen LogP contribution is -3.30. The van der Waals surface area contributed by atoms with Crippen LogP contribution in [0, 0.1) is 5.92 Å². The molecule has 4 rings (SSSR count). The molecule has 2 aromatic rings. The second kappa shape index (κ2) is 11.4. The van der Waals surface area contributed by atoms with Crippen LogP contribution in [0.5, 0.6) is 0 Å². The van der Waals surface area contributed by atoms with E-state index in [-0.39, 0.29) is 6.04 Å². The Labute approximate surface area is 193 Å². The lowest BCUT2D eigenvalue weighted by Gasteiger charge is -2.37. The molecule has 1 amide bonds. The molecule has 2 aliphatic rings. The Kier molecular flexibility index (Phi) is 8.13. The van der Waals surface area contributed by atoms with Crippen LogP contribution >= 0.6 is 0 Å². The van der Waals surface area contributed by atoms with Gasteiger partial charge in [-0.15, -0.1) is 0 Å². The molecule has 2 aliphatic heterocycles. The number of hydrogen-bond acceptors (Lipinski definition) is 1. The van der Waals surface area contributed by atoms with Crippen LogP contribution in [-0.4, -0.2) is 62.7 Å². The van der Waals surface area contributed by atoms with Crippen molar-refractivity contribution in [1.29, 1.82) is 0 Å². The van der Waals surface area contributed by atoms with Gasteiger partial charge in [0.1, 0.15) is 26.2 Å². The molecule has 0 bridgehead atoms. The number of quaternary nitrogens is 2. The summed E-state index contributed by atoms with van der Waals surface area (Å²) in [6, 6.07) is 21.4. The first-order valence-corrected chi connectivity index (χ1v) is 12.4. The molecule has 2 N–H and O–H groups in total. The maximum atomic E-state index is 13.2. The lowest BCUT2D eigenvalue weighted by atomic mass is 9.90. The van der Waals surface area contributed by atoms with Crippen LogP contribution in [0.3, 0.4) is 0 Å². The maximum Gasteiger partial charge on any atom is 0.280 e. The first kappa shape index (κ1) is 22.8. The van der Waals surface area contributed by atoms with Crippen LogP contribution in [-0.2, 0) is 11.2 Å². The number of carbonyl (C=O) groups excluding carboxylic acids is 1. The standard InChI is InChI=1S/C28H37N3O/c1-24(28(32)31-17-14-27(15-18-31)23-26-11-6-3-7-12-26)30-21-19-29(20-22-30)16-8-13-25-9-4-2-5-10-25/h2-13,24,27H,14-23H2,1H3/p+2/b13-8+/t24-/m0/s1. The maximum absolute atomic E-state index is 13.2. The number of rotatable bonds is 7. The third-order valence-corrected chi connectivity index (χ3v) is 7.39. The lowest BCUT2D eigenvalue weighted by molar-refractivity contribution is -1.02. The fraction of sp³-hybridized carbons (Fsp3) is 0.464. The van der Waals surface area contributed by atoms with Crippen molar-refractivity contribution in [1.82, 2.24) is 4.90 Å². The first-order chi connectivity index (χ1) is 15.7. The summed E-state index contributed by atoms with van der Waals surface area (Å²) in [5.74, 6) is 1.07. The van der Waals surface area contributed by atoms with E-state index >= 15 is 0 Å². The highest BCUT2D eigenvalue weighted by Gasteiger charge is 2.34. The molecular weight excluding hydrogens is 394 g/mol. The average molecular weight is 434 g/mol. The molecule has 1 atom stereocenters. The fourth-order valence-electron chi connectivity index (χ4n) is 5.24. The monoisotopic (exact) mass is 433 g/mol. The van der Waals surface area contributed by atoms with Gasteiger partial charge < -0.3 is 14.7 Å². The molecule has 2 heterocycles. The van der Waals surface area contributed by atoms with Crippen molar-refractivity contribution >= 4 is 12.0 Å². The highest BCUT2D eigenvalue weighted by atomic mass is 16.2. The first-order valence-electron chi connectivity index (χ1n) is 12.4. The Morgan fingerprint density at radius 2 is 1.59 bits per heavy atom. The normalized spacial score (nSPS) is 23.3. The van der Waals surface area contributed by atoms with Gasteiger partial charge in [-0.1, -0.05) is 66.7 Å². The van der Waals surface area contributed by atoms with Crippen LogP contribution < -0.4 is 9.80 Å². The number of benzene rings is 2. The smallest absolute Gasteiger partial charge is 0.280 e. The van der Waals surface area contributed by atoms with Crippen molar-refractivity contribution in [3.8, 4) is 0 Å². The highest BCUT2D eigenvalue weighted by molar-refractivity contribution is 5.80. The number of piperazine rings is 1. The van der Waals surface area contributed by atoms with Crippen LogP contribution in [0.4, 0.5) is 0 Å². The quantitative estimate of drug-likeness (QED) is 0.678. The summed E-state index contributed by atoms with van der Waals surface area (Å²) >= 11 is 0. The number of likely N-dealkylation sites (tertiary alicyclic amines) is 1. The molecule has 0 aliphatic carbocycles. The third kappa shape index (κ3) is 6.30. The van der Waals surface area contributed by atoms with Gasteiger partial charge in [0.2, 0.25) is 0 Å². The minimum Gasteiger partial charge on any atom is -0.338 e. The molecule has 2 aromatic carbocycles. The Morgan fingerprint density at radius 3 is 2.25 bits per heavy atom. The summed E-state index contributed by atoms with van der Waals surface area (Å²) in [6.45, 7) is 9.53. The van der Waals surface area contributed by atoms with E-state index in [9.17, 15) is 4.79 Å². The van der Waals surface area contributed by atoms with Crippen molar-refractivity contribution in [2.24, 2.45) is 5.92 Å². The van der Waals surface area contributed by atoms with Crippen molar-refractivity contribution in [2.75, 3.05) is 45.8 Å². The van der Waals surface area contributed by atoms with Gasteiger partial charge in [-0.3, -0.25) is 4.79 Å². The molecule has 0 unspecified atom stereocenters. The van der Waals surface area contributed by atoms with E-state index in [2.05, 4.69) is 84.6 Å². The van der Waals surface area contributed by atoms with Crippen molar-refractivity contribution in [3.63, 3.8) is 0 Å². The van der Waals surface area contributed by atoms with Gasteiger partial charge in [-0.25, -0.2) is 0 Å². The number of piperidine rings is 1. The van der Waals surface area contributed by atoms with E-state index in [1.54, 1.807) is 4.90 Å². The highest BCUT2D eigenvalue weighted by Crippen LogP contribution is 2.21. The molecule has 2 fully saturated rings. The summed E-state index contributed by atoms with van der Waals surface area (Å²) in [4.78, 5) is 18.4. The number of hydrogen-bond donors (Lipinski definition) is 2. The molecule has 0 spiro atoms. The summed E-state index contributed by atoms with van der Waals surface area (Å²) in [6.07, 6.45) is 7.93. The van der Waals surface area contributed by atoms with Gasteiger partial charge in [-0.2, -0.15) is 0 Å². The molecule has 4 nitrogen and oxygen atoms in total. The molecule has 0 aromatic heterocycles. The van der Waals surface area contributed by atoms with Crippen molar-refractivity contribution in [2.45, 2.75) is 32.2 Å². The van der Waals surface area contributed by atoms with E-state index in [0.29, 0.717) is 11.8 Å². The topological polar surface area (TPSA) is 29.2 Å². The summed E-state index contributed by atoms with van der Waals surface area (Å²) in [5.41, 5.74) is 2.69. The van der Waals surface area contributed by atoms with E-state index in [1.807, 2.05) is 0 Å².